The Hall–Kier alpha value is -2.92. The molecule has 2 heterocycles. The van der Waals surface area contributed by atoms with Crippen molar-refractivity contribution in [3.8, 4) is 5.75 Å². The Labute approximate surface area is 143 Å². The highest BCUT2D eigenvalue weighted by Crippen LogP contribution is 2.35. The van der Waals surface area contributed by atoms with E-state index in [1.807, 2.05) is 66.2 Å². The van der Waals surface area contributed by atoms with Gasteiger partial charge >= 0.3 is 0 Å². The van der Waals surface area contributed by atoms with Gasteiger partial charge in [0.15, 0.2) is 17.1 Å². The van der Waals surface area contributed by atoms with Crippen LogP contribution in [0.3, 0.4) is 0 Å². The van der Waals surface area contributed by atoms with Gasteiger partial charge in [0.2, 0.25) is 0 Å². The van der Waals surface area contributed by atoms with Crippen LogP contribution in [0.25, 0.3) is 10.9 Å². The molecule has 24 heavy (non-hydrogen) atoms. The minimum atomic E-state index is -0.185. The minimum Gasteiger partial charge on any atom is -0.502 e. The molecular weight excluding hydrogens is 318 g/mol. The van der Waals surface area contributed by atoms with Gasteiger partial charge in [0, 0.05) is 23.2 Å². The SMILES string of the molecule is Oc1c(C(Nc2nccs2)c2ccccc2)ccc2ccc[nH+]c12. The number of H-pyrrole nitrogens is 1. The molecule has 2 aromatic heterocycles. The highest BCUT2D eigenvalue weighted by molar-refractivity contribution is 7.13. The van der Waals surface area contributed by atoms with Gasteiger partial charge in [-0.05, 0) is 17.7 Å². The van der Waals surface area contributed by atoms with Crippen molar-refractivity contribution < 1.29 is 10.1 Å². The number of aromatic nitrogens is 2. The molecule has 0 amide bonds. The molecule has 4 nitrogen and oxygen atoms in total. The predicted octanol–water partition coefficient (Wildman–Crippen LogP) is 4.02. The van der Waals surface area contributed by atoms with Crippen LogP contribution in [0.1, 0.15) is 17.2 Å². The number of pyridine rings is 1. The van der Waals surface area contributed by atoms with Crippen molar-refractivity contribution in [2.45, 2.75) is 6.04 Å². The molecule has 0 aliphatic rings. The monoisotopic (exact) mass is 334 g/mol. The molecule has 0 aliphatic carbocycles. The molecule has 4 aromatic rings. The molecule has 0 radical (unpaired) electrons. The summed E-state index contributed by atoms with van der Waals surface area (Å²) in [6.45, 7) is 0. The number of nitrogens with one attached hydrogen (secondary N) is 2. The van der Waals surface area contributed by atoms with E-state index >= 15 is 0 Å². The van der Waals surface area contributed by atoms with Crippen molar-refractivity contribution >= 4 is 27.4 Å². The molecule has 0 bridgehead atoms. The third-order valence-electron chi connectivity index (χ3n) is 3.99. The summed E-state index contributed by atoms with van der Waals surface area (Å²) in [5.74, 6) is 0.256. The fourth-order valence-electron chi connectivity index (χ4n) is 2.83. The number of hydrogen-bond donors (Lipinski definition) is 2. The summed E-state index contributed by atoms with van der Waals surface area (Å²) in [5, 5.41) is 18.0. The van der Waals surface area contributed by atoms with Gasteiger partial charge in [-0.25, -0.2) is 9.97 Å². The molecule has 0 fully saturated rings. The van der Waals surface area contributed by atoms with Crippen molar-refractivity contribution in [1.82, 2.24) is 4.98 Å². The van der Waals surface area contributed by atoms with Gasteiger partial charge in [-0.2, -0.15) is 0 Å². The summed E-state index contributed by atoms with van der Waals surface area (Å²) in [6, 6.07) is 17.8. The topological polar surface area (TPSA) is 59.3 Å². The Morgan fingerprint density at radius 1 is 1.04 bits per heavy atom. The van der Waals surface area contributed by atoms with Gasteiger partial charge < -0.3 is 10.4 Å². The van der Waals surface area contributed by atoms with Gasteiger partial charge in [-0.15, -0.1) is 11.3 Å². The van der Waals surface area contributed by atoms with E-state index in [4.69, 9.17) is 0 Å². The third-order valence-corrected chi connectivity index (χ3v) is 4.69. The second-order valence-electron chi connectivity index (χ2n) is 5.46. The van der Waals surface area contributed by atoms with Crippen LogP contribution in [0.2, 0.25) is 0 Å². The normalized spacial score (nSPS) is 12.2. The van der Waals surface area contributed by atoms with Crippen molar-refractivity contribution in [3.05, 3.63) is 83.5 Å². The number of phenolic OH excluding ortho intramolecular Hbond substituents is 1. The van der Waals surface area contributed by atoms with Gasteiger partial charge in [-0.1, -0.05) is 36.4 Å². The standard InChI is InChI=1S/C19H15N3OS/c23-18-15(9-8-14-7-4-10-20-17(14)18)16(13-5-2-1-3-6-13)22-19-21-11-12-24-19/h1-12,16,23H,(H,21,22)/p+1. The fraction of sp³-hybridized carbons (Fsp3) is 0.0526. The summed E-state index contributed by atoms with van der Waals surface area (Å²) >= 11 is 1.54. The molecule has 1 unspecified atom stereocenters. The molecule has 118 valence electrons. The average molecular weight is 334 g/mol. The zero-order chi connectivity index (χ0) is 16.4. The highest BCUT2D eigenvalue weighted by Gasteiger charge is 2.22. The Balaban J connectivity index is 1.85. The Bertz CT molecular complexity index is 955. The van der Waals surface area contributed by atoms with Crippen LogP contribution in [-0.4, -0.2) is 10.1 Å². The lowest BCUT2D eigenvalue weighted by molar-refractivity contribution is -0.345. The zero-order valence-electron chi connectivity index (χ0n) is 12.8. The summed E-state index contributed by atoms with van der Waals surface area (Å²) in [5.41, 5.74) is 2.61. The second kappa shape index (κ2) is 6.29. The van der Waals surface area contributed by atoms with E-state index in [9.17, 15) is 5.11 Å². The Morgan fingerprint density at radius 2 is 1.92 bits per heavy atom. The summed E-state index contributed by atoms with van der Waals surface area (Å²) in [6.07, 6.45) is 3.58. The van der Waals surface area contributed by atoms with E-state index < -0.39 is 0 Å². The first-order valence-corrected chi connectivity index (χ1v) is 8.54. The number of phenols is 1. The maximum atomic E-state index is 10.8. The maximum Gasteiger partial charge on any atom is 0.253 e. The van der Waals surface area contributed by atoms with Crippen molar-refractivity contribution in [1.29, 1.82) is 0 Å². The third kappa shape index (κ3) is 2.70. The summed E-state index contributed by atoms with van der Waals surface area (Å²) in [7, 11) is 0. The molecule has 0 aliphatic heterocycles. The lowest BCUT2D eigenvalue weighted by atomic mass is 9.96. The lowest BCUT2D eigenvalue weighted by Gasteiger charge is -2.20. The first-order chi connectivity index (χ1) is 11.8. The van der Waals surface area contributed by atoms with E-state index in [2.05, 4.69) is 15.3 Å². The average Bonchev–Trinajstić information content (AvgIpc) is 3.15. The maximum absolute atomic E-state index is 10.8. The molecule has 0 saturated heterocycles. The summed E-state index contributed by atoms with van der Waals surface area (Å²) < 4.78 is 0. The van der Waals surface area contributed by atoms with Crippen molar-refractivity contribution in [2.24, 2.45) is 0 Å². The molecule has 3 N–H and O–H groups in total. The predicted molar refractivity (Wildman–Crippen MR) is 96.2 cm³/mol. The number of hydrogen-bond acceptors (Lipinski definition) is 4. The first-order valence-electron chi connectivity index (χ1n) is 7.66. The molecule has 5 heteroatoms. The van der Waals surface area contributed by atoms with Gasteiger partial charge in [0.1, 0.15) is 0 Å². The van der Waals surface area contributed by atoms with Gasteiger partial charge in [0.05, 0.1) is 11.4 Å². The number of aromatic hydroxyl groups is 1. The summed E-state index contributed by atoms with van der Waals surface area (Å²) in [4.78, 5) is 7.45. The number of aromatic amines is 1. The number of fused-ring (bicyclic) bond motifs is 1. The number of nitrogens with zero attached hydrogens (tertiary/aromatic N) is 1. The minimum absolute atomic E-state index is 0.185. The number of thiazole rings is 1. The van der Waals surface area contributed by atoms with Crippen LogP contribution in [0, 0.1) is 0 Å². The van der Waals surface area contributed by atoms with Crippen molar-refractivity contribution in [2.75, 3.05) is 5.32 Å². The molecule has 1 atom stereocenters. The molecule has 2 aromatic carbocycles. The van der Waals surface area contributed by atoms with Gasteiger partial charge in [-0.3, -0.25) is 0 Å². The highest BCUT2D eigenvalue weighted by atomic mass is 32.1. The molecule has 0 spiro atoms. The Kier molecular flexibility index (Phi) is 3.84. The van der Waals surface area contributed by atoms with Crippen LogP contribution in [0.15, 0.2) is 72.4 Å². The van der Waals surface area contributed by atoms with E-state index in [1.54, 1.807) is 6.20 Å². The van der Waals surface area contributed by atoms with E-state index in [-0.39, 0.29) is 11.8 Å². The molecule has 0 saturated carbocycles. The van der Waals surface area contributed by atoms with Crippen LogP contribution in [0.5, 0.6) is 5.75 Å². The lowest BCUT2D eigenvalue weighted by Crippen LogP contribution is -2.13. The number of anilines is 1. The largest absolute Gasteiger partial charge is 0.502 e. The van der Waals surface area contributed by atoms with Crippen LogP contribution in [-0.2, 0) is 0 Å². The number of rotatable bonds is 4. The fourth-order valence-corrected chi connectivity index (χ4v) is 3.39. The number of benzene rings is 2. The van der Waals surface area contributed by atoms with E-state index in [0.29, 0.717) is 0 Å². The van der Waals surface area contributed by atoms with Crippen LogP contribution >= 0.6 is 11.3 Å². The smallest absolute Gasteiger partial charge is 0.253 e. The zero-order valence-corrected chi connectivity index (χ0v) is 13.6. The second-order valence-corrected chi connectivity index (χ2v) is 6.36. The van der Waals surface area contributed by atoms with Crippen molar-refractivity contribution in [3.63, 3.8) is 0 Å². The van der Waals surface area contributed by atoms with Gasteiger partial charge in [0.25, 0.3) is 5.52 Å². The quantitative estimate of drug-likeness (QED) is 0.593. The van der Waals surface area contributed by atoms with Crippen LogP contribution in [0.4, 0.5) is 5.13 Å². The Morgan fingerprint density at radius 3 is 2.71 bits per heavy atom. The van der Waals surface area contributed by atoms with E-state index in [0.717, 1.165) is 27.2 Å². The van der Waals surface area contributed by atoms with E-state index in [1.165, 1.54) is 11.3 Å². The molecule has 4 rings (SSSR count). The van der Waals surface area contributed by atoms with Crippen LogP contribution < -0.4 is 10.3 Å². The molecular formula is C19H16N3OS+. The first kappa shape index (κ1) is 14.7.